The lowest BCUT2D eigenvalue weighted by Crippen LogP contribution is -2.06. The minimum Gasteiger partial charge on any atom is -0.492 e. The van der Waals surface area contributed by atoms with Crippen LogP contribution in [0.25, 0.3) is 0 Å². The molecule has 2 aromatic carbocycles. The third kappa shape index (κ3) is 4.89. The van der Waals surface area contributed by atoms with Gasteiger partial charge >= 0.3 is 5.97 Å². The third-order valence-electron chi connectivity index (χ3n) is 2.60. The van der Waals surface area contributed by atoms with Gasteiger partial charge < -0.3 is 9.84 Å². The average Bonchev–Trinajstić information content (AvgIpc) is 2.46. The lowest BCUT2D eigenvalue weighted by Gasteiger charge is -2.09. The van der Waals surface area contributed by atoms with E-state index in [4.69, 9.17) is 9.84 Å². The first-order valence-electron chi connectivity index (χ1n) is 6.10. The Morgan fingerprint density at radius 3 is 2.62 bits per heavy atom. The van der Waals surface area contributed by atoms with Crippen LogP contribution in [0.15, 0.2) is 47.4 Å². The molecule has 2 rings (SSSR count). The van der Waals surface area contributed by atoms with Gasteiger partial charge in [-0.1, -0.05) is 0 Å². The number of benzene rings is 2. The fraction of sp³-hybridized carbons (Fsp3) is 0.133. The Kier molecular flexibility index (Phi) is 5.86. The summed E-state index contributed by atoms with van der Waals surface area (Å²) in [5.74, 6) is -0.255. The number of hydrogen-bond donors (Lipinski definition) is 1. The van der Waals surface area contributed by atoms with E-state index in [1.807, 2.05) is 0 Å². The minimum atomic E-state index is -1.00. The largest absolute Gasteiger partial charge is 0.492 e. The van der Waals surface area contributed by atoms with Crippen molar-refractivity contribution in [3.8, 4) is 5.75 Å². The molecule has 0 aliphatic carbocycles. The van der Waals surface area contributed by atoms with E-state index < -0.39 is 5.97 Å². The van der Waals surface area contributed by atoms with Crippen molar-refractivity contribution in [2.45, 2.75) is 4.90 Å². The number of aromatic carboxylic acids is 1. The molecule has 0 aromatic heterocycles. The van der Waals surface area contributed by atoms with Crippen molar-refractivity contribution < 1.29 is 19.0 Å². The molecule has 3 nitrogen and oxygen atoms in total. The number of carboxylic acid groups (broad SMARTS) is 1. The third-order valence-corrected chi connectivity index (χ3v) is 4.24. The molecule has 1 N–H and O–H groups in total. The Labute approximate surface area is 139 Å². The quantitative estimate of drug-likeness (QED) is 0.432. The van der Waals surface area contributed by atoms with Crippen LogP contribution in [-0.2, 0) is 0 Å². The first kappa shape index (κ1) is 16.1. The van der Waals surface area contributed by atoms with Gasteiger partial charge in [-0.15, -0.1) is 11.8 Å². The Morgan fingerprint density at radius 2 is 1.95 bits per heavy atom. The van der Waals surface area contributed by atoms with Gasteiger partial charge in [0.2, 0.25) is 0 Å². The summed E-state index contributed by atoms with van der Waals surface area (Å²) in [6.45, 7) is 0.378. The molecule has 0 unspecified atom stereocenters. The molecule has 0 radical (unpaired) electrons. The highest BCUT2D eigenvalue weighted by atomic mass is 127. The summed E-state index contributed by atoms with van der Waals surface area (Å²) in [5, 5.41) is 9.13. The number of thioether (sulfide) groups is 1. The second-order valence-electron chi connectivity index (χ2n) is 4.10. The maximum Gasteiger partial charge on any atom is 0.339 e. The van der Waals surface area contributed by atoms with Gasteiger partial charge in [-0.3, -0.25) is 0 Å². The van der Waals surface area contributed by atoms with Gasteiger partial charge in [0.1, 0.15) is 17.1 Å². The normalized spacial score (nSPS) is 10.4. The molecular formula is C15H12FIO3S. The van der Waals surface area contributed by atoms with E-state index >= 15 is 0 Å². The average molecular weight is 418 g/mol. The van der Waals surface area contributed by atoms with Crippen LogP contribution in [0.3, 0.4) is 0 Å². The van der Waals surface area contributed by atoms with Crippen LogP contribution in [-0.4, -0.2) is 23.4 Å². The van der Waals surface area contributed by atoms with Crippen LogP contribution in [0.1, 0.15) is 10.4 Å². The number of carboxylic acids is 1. The molecule has 0 fully saturated rings. The fourth-order valence-corrected chi connectivity index (χ4v) is 2.86. The highest BCUT2D eigenvalue weighted by Gasteiger charge is 2.11. The summed E-state index contributed by atoms with van der Waals surface area (Å²) in [4.78, 5) is 12.1. The first-order chi connectivity index (χ1) is 10.1. The van der Waals surface area contributed by atoms with Crippen molar-refractivity contribution in [2.75, 3.05) is 12.4 Å². The molecule has 0 heterocycles. The van der Waals surface area contributed by atoms with E-state index in [9.17, 15) is 9.18 Å². The molecule has 0 amide bonds. The predicted molar refractivity (Wildman–Crippen MR) is 88.7 cm³/mol. The van der Waals surface area contributed by atoms with Crippen LogP contribution in [0, 0.1) is 9.39 Å². The van der Waals surface area contributed by atoms with E-state index in [0.717, 1.165) is 8.47 Å². The summed E-state index contributed by atoms with van der Waals surface area (Å²) in [7, 11) is 0. The van der Waals surface area contributed by atoms with Gasteiger partial charge in [0.25, 0.3) is 0 Å². The van der Waals surface area contributed by atoms with E-state index in [-0.39, 0.29) is 11.4 Å². The lowest BCUT2D eigenvalue weighted by atomic mass is 10.2. The summed E-state index contributed by atoms with van der Waals surface area (Å²) < 4.78 is 19.1. The summed E-state index contributed by atoms with van der Waals surface area (Å²) in [5.41, 5.74) is 0.161. The van der Waals surface area contributed by atoms with E-state index in [2.05, 4.69) is 22.6 Å². The van der Waals surface area contributed by atoms with Crippen LogP contribution in [0.4, 0.5) is 4.39 Å². The Hall–Kier alpha value is -1.28. The van der Waals surface area contributed by atoms with E-state index in [1.165, 1.54) is 23.9 Å². The second-order valence-corrected chi connectivity index (χ2v) is 6.51. The molecule has 6 heteroatoms. The van der Waals surface area contributed by atoms with Crippen LogP contribution in [0.5, 0.6) is 5.75 Å². The number of carbonyl (C=O) groups is 1. The topological polar surface area (TPSA) is 46.5 Å². The second kappa shape index (κ2) is 7.65. The molecule has 0 atom stereocenters. The zero-order chi connectivity index (χ0) is 15.2. The molecule has 0 spiro atoms. The number of rotatable bonds is 6. The smallest absolute Gasteiger partial charge is 0.339 e. The van der Waals surface area contributed by atoms with E-state index in [0.29, 0.717) is 18.1 Å². The molecule has 2 aromatic rings. The van der Waals surface area contributed by atoms with Gasteiger partial charge in [0.15, 0.2) is 0 Å². The maximum absolute atomic E-state index is 12.8. The first-order valence-corrected chi connectivity index (χ1v) is 8.17. The Morgan fingerprint density at radius 1 is 1.24 bits per heavy atom. The summed E-state index contributed by atoms with van der Waals surface area (Å²) >= 11 is 3.58. The lowest BCUT2D eigenvalue weighted by molar-refractivity contribution is 0.0692. The van der Waals surface area contributed by atoms with Crippen molar-refractivity contribution in [2.24, 2.45) is 0 Å². The van der Waals surface area contributed by atoms with Crippen LogP contribution >= 0.6 is 34.4 Å². The number of halogens is 2. The maximum atomic E-state index is 12.8. The van der Waals surface area contributed by atoms with Crippen molar-refractivity contribution in [3.05, 3.63) is 57.4 Å². The zero-order valence-corrected chi connectivity index (χ0v) is 13.9. The van der Waals surface area contributed by atoms with Gasteiger partial charge in [-0.05, 0) is 65.1 Å². The van der Waals surface area contributed by atoms with Crippen molar-refractivity contribution in [1.82, 2.24) is 0 Å². The van der Waals surface area contributed by atoms with Gasteiger partial charge in [0.05, 0.1) is 6.61 Å². The summed E-state index contributed by atoms with van der Waals surface area (Å²) in [6.07, 6.45) is 0. The van der Waals surface area contributed by atoms with Crippen LogP contribution in [0.2, 0.25) is 0 Å². The van der Waals surface area contributed by atoms with Crippen molar-refractivity contribution in [1.29, 1.82) is 0 Å². The van der Waals surface area contributed by atoms with Gasteiger partial charge in [-0.25, -0.2) is 9.18 Å². The van der Waals surface area contributed by atoms with E-state index in [1.54, 1.807) is 30.3 Å². The number of ether oxygens (including phenoxy) is 1. The predicted octanol–water partition coefficient (Wildman–Crippen LogP) is 4.30. The monoisotopic (exact) mass is 418 g/mol. The zero-order valence-electron chi connectivity index (χ0n) is 10.9. The molecule has 0 aliphatic rings. The fourth-order valence-electron chi connectivity index (χ4n) is 1.64. The molecular weight excluding hydrogens is 406 g/mol. The standard InChI is InChI=1S/C15H12FIO3S/c16-10-1-4-12(5-2-10)21-8-7-20-14-6-3-11(17)9-13(14)15(18)19/h1-6,9H,7-8H2,(H,18,19). The van der Waals surface area contributed by atoms with Gasteiger partial charge in [0, 0.05) is 14.2 Å². The minimum absolute atomic E-state index is 0.161. The molecule has 110 valence electrons. The molecule has 0 saturated carbocycles. The Bertz CT molecular complexity index is 631. The molecule has 0 bridgehead atoms. The molecule has 0 aliphatic heterocycles. The SMILES string of the molecule is O=C(O)c1cc(I)ccc1OCCSc1ccc(F)cc1. The molecule has 0 saturated heterocycles. The Balaban J connectivity index is 1.89. The highest BCUT2D eigenvalue weighted by molar-refractivity contribution is 14.1. The van der Waals surface area contributed by atoms with Gasteiger partial charge in [-0.2, -0.15) is 0 Å². The summed E-state index contributed by atoms with van der Waals surface area (Å²) in [6, 6.07) is 11.3. The highest BCUT2D eigenvalue weighted by Crippen LogP contribution is 2.23. The van der Waals surface area contributed by atoms with Crippen molar-refractivity contribution in [3.63, 3.8) is 0 Å². The van der Waals surface area contributed by atoms with Crippen molar-refractivity contribution >= 4 is 40.3 Å². The molecule has 21 heavy (non-hydrogen) atoms. The van der Waals surface area contributed by atoms with Crippen LogP contribution < -0.4 is 4.74 Å². The number of hydrogen-bond acceptors (Lipinski definition) is 3.